The summed E-state index contributed by atoms with van der Waals surface area (Å²) in [5, 5.41) is 1.21. The van der Waals surface area contributed by atoms with Gasteiger partial charge in [-0.2, -0.15) is 0 Å². The average Bonchev–Trinajstić information content (AvgIpc) is 2.19. The van der Waals surface area contributed by atoms with Crippen molar-refractivity contribution in [3.63, 3.8) is 0 Å². The van der Waals surface area contributed by atoms with Gasteiger partial charge >= 0.3 is 0 Å². The first-order valence-corrected chi connectivity index (χ1v) is 7.50. The van der Waals surface area contributed by atoms with Gasteiger partial charge in [-0.25, -0.2) is 0 Å². The summed E-state index contributed by atoms with van der Waals surface area (Å²) < 4.78 is 0. The van der Waals surface area contributed by atoms with Crippen LogP contribution in [0, 0.1) is 16.7 Å². The van der Waals surface area contributed by atoms with Crippen LogP contribution in [0.2, 0.25) is 0 Å². The molecule has 110 valence electrons. The van der Waals surface area contributed by atoms with Crippen LogP contribution in [0.3, 0.4) is 0 Å². The molecule has 0 bridgehead atoms. The average molecular weight is 303 g/mol. The molecule has 0 aliphatic rings. The van der Waals surface area contributed by atoms with E-state index in [1.807, 2.05) is 12.2 Å². The zero-order chi connectivity index (χ0) is 15.4. The first-order chi connectivity index (χ1) is 8.38. The highest BCUT2D eigenvalue weighted by Gasteiger charge is 2.30. The summed E-state index contributed by atoms with van der Waals surface area (Å²) in [6.45, 7) is 19.3. The van der Waals surface area contributed by atoms with E-state index in [-0.39, 0.29) is 10.8 Å². The van der Waals surface area contributed by atoms with Crippen LogP contribution in [0.15, 0.2) is 34.4 Å². The van der Waals surface area contributed by atoms with E-state index >= 15 is 0 Å². The molecule has 0 rings (SSSR count). The van der Waals surface area contributed by atoms with Crippen molar-refractivity contribution in [1.82, 2.24) is 0 Å². The van der Waals surface area contributed by atoms with Crippen molar-refractivity contribution < 1.29 is 0 Å². The predicted molar refractivity (Wildman–Crippen MR) is 89.7 cm³/mol. The van der Waals surface area contributed by atoms with Gasteiger partial charge in [0.25, 0.3) is 0 Å². The zero-order valence-corrected chi connectivity index (χ0v) is 14.9. The number of allylic oxidation sites excluding steroid dienone is 5. The van der Waals surface area contributed by atoms with Crippen molar-refractivity contribution >= 4 is 23.2 Å². The van der Waals surface area contributed by atoms with Crippen molar-refractivity contribution in [3.05, 3.63) is 34.4 Å². The molecule has 0 aromatic rings. The zero-order valence-electron chi connectivity index (χ0n) is 13.4. The van der Waals surface area contributed by atoms with Crippen LogP contribution in [-0.4, -0.2) is 0 Å². The Balaban J connectivity index is 5.58. The molecule has 0 aliphatic carbocycles. The van der Waals surface area contributed by atoms with Gasteiger partial charge < -0.3 is 0 Å². The maximum Gasteiger partial charge on any atom is 0.0551 e. The molecule has 0 radical (unpaired) electrons. The lowest BCUT2D eigenvalue weighted by molar-refractivity contribution is 0.199. The van der Waals surface area contributed by atoms with Crippen molar-refractivity contribution in [2.24, 2.45) is 16.7 Å². The molecule has 1 atom stereocenters. The van der Waals surface area contributed by atoms with Crippen LogP contribution in [0.25, 0.3) is 0 Å². The first-order valence-electron chi connectivity index (χ1n) is 6.74. The molecule has 0 aliphatic heterocycles. The van der Waals surface area contributed by atoms with Crippen LogP contribution in [0.4, 0.5) is 0 Å². The van der Waals surface area contributed by atoms with Gasteiger partial charge in [-0.15, -0.1) is 0 Å². The van der Waals surface area contributed by atoms with Gasteiger partial charge in [0.2, 0.25) is 0 Å². The van der Waals surface area contributed by atoms with Crippen LogP contribution in [0.5, 0.6) is 0 Å². The summed E-state index contributed by atoms with van der Waals surface area (Å²) in [5.74, 6) is 0.398. The normalized spacial score (nSPS) is 17.0. The summed E-state index contributed by atoms with van der Waals surface area (Å²) >= 11 is 12.1. The van der Waals surface area contributed by atoms with Crippen LogP contribution in [0.1, 0.15) is 54.9 Å². The third-order valence-electron chi connectivity index (χ3n) is 3.12. The topological polar surface area (TPSA) is 0 Å². The van der Waals surface area contributed by atoms with Crippen LogP contribution >= 0.6 is 23.2 Å². The molecule has 0 N–H and O–H groups in total. The standard InChI is InChI=1S/C17H28Cl2/c1-9-13(10-15(19)12(2)18)14(17(6,7)8)11-16(3,4)5/h9-10,14H,1,11H2,2-8H3. The maximum atomic E-state index is 6.18. The molecule has 1 unspecified atom stereocenters. The number of halogens is 2. The summed E-state index contributed by atoms with van der Waals surface area (Å²) in [7, 11) is 0. The Labute approximate surface area is 129 Å². The highest BCUT2D eigenvalue weighted by atomic mass is 35.5. The quantitative estimate of drug-likeness (QED) is 0.495. The highest BCUT2D eigenvalue weighted by molar-refractivity contribution is 6.40. The Morgan fingerprint density at radius 3 is 1.84 bits per heavy atom. The second kappa shape index (κ2) is 6.99. The van der Waals surface area contributed by atoms with Crippen molar-refractivity contribution in [3.8, 4) is 0 Å². The molecule has 0 nitrogen and oxygen atoms in total. The van der Waals surface area contributed by atoms with Crippen molar-refractivity contribution in [2.45, 2.75) is 54.9 Å². The Bertz CT molecular complexity index is 369. The molecule has 0 saturated heterocycles. The molecule has 0 heterocycles. The Morgan fingerprint density at radius 1 is 1.11 bits per heavy atom. The van der Waals surface area contributed by atoms with E-state index in [1.54, 1.807) is 6.92 Å². The van der Waals surface area contributed by atoms with Crippen molar-refractivity contribution in [1.29, 1.82) is 0 Å². The lowest BCUT2D eigenvalue weighted by Crippen LogP contribution is -2.26. The fraction of sp³-hybridized carbons (Fsp3) is 0.647. The van der Waals surface area contributed by atoms with E-state index in [0.717, 1.165) is 12.0 Å². The molecule has 19 heavy (non-hydrogen) atoms. The van der Waals surface area contributed by atoms with E-state index < -0.39 is 0 Å². The van der Waals surface area contributed by atoms with Gasteiger partial charge in [0, 0.05) is 5.03 Å². The smallest absolute Gasteiger partial charge is 0.0551 e. The molecule has 0 saturated carbocycles. The number of hydrogen-bond acceptors (Lipinski definition) is 0. The van der Waals surface area contributed by atoms with Gasteiger partial charge in [-0.3, -0.25) is 0 Å². The van der Waals surface area contributed by atoms with Crippen molar-refractivity contribution in [2.75, 3.05) is 0 Å². The predicted octanol–water partition coefficient (Wildman–Crippen LogP) is 6.91. The van der Waals surface area contributed by atoms with Crippen LogP contribution in [-0.2, 0) is 0 Å². The summed E-state index contributed by atoms with van der Waals surface area (Å²) in [5.41, 5.74) is 1.57. The molecular weight excluding hydrogens is 275 g/mol. The minimum atomic E-state index is 0.157. The molecular formula is C17H28Cl2. The molecule has 2 heteroatoms. The van der Waals surface area contributed by atoms with Gasteiger partial charge in [-0.1, -0.05) is 77.4 Å². The molecule has 0 aromatic carbocycles. The third kappa shape index (κ3) is 7.22. The second-order valence-corrected chi connectivity index (χ2v) is 8.39. The number of rotatable bonds is 4. The van der Waals surface area contributed by atoms with Gasteiger partial charge in [0.15, 0.2) is 0 Å². The van der Waals surface area contributed by atoms with E-state index in [1.165, 1.54) is 0 Å². The molecule has 0 aromatic heterocycles. The minimum Gasteiger partial charge on any atom is -0.0988 e. The van der Waals surface area contributed by atoms with Gasteiger partial charge in [0.1, 0.15) is 0 Å². The maximum absolute atomic E-state index is 6.18. The van der Waals surface area contributed by atoms with E-state index in [4.69, 9.17) is 23.2 Å². The summed E-state index contributed by atoms with van der Waals surface area (Å²) in [6, 6.07) is 0. The third-order valence-corrected chi connectivity index (χ3v) is 3.82. The largest absolute Gasteiger partial charge is 0.0988 e. The SMILES string of the molecule is C=CC(=CC(Cl)=C(C)Cl)C(CC(C)(C)C)C(C)(C)C. The lowest BCUT2D eigenvalue weighted by atomic mass is 9.68. The monoisotopic (exact) mass is 302 g/mol. The van der Waals surface area contributed by atoms with Crippen LogP contribution < -0.4 is 0 Å². The fourth-order valence-electron chi connectivity index (χ4n) is 2.08. The van der Waals surface area contributed by atoms with Gasteiger partial charge in [-0.05, 0) is 41.7 Å². The lowest BCUT2D eigenvalue weighted by Gasteiger charge is -2.36. The Morgan fingerprint density at radius 2 is 1.58 bits per heavy atom. The minimum absolute atomic E-state index is 0.157. The fourth-order valence-corrected chi connectivity index (χ4v) is 2.26. The number of hydrogen-bond donors (Lipinski definition) is 0. The Hall–Kier alpha value is -0.200. The van der Waals surface area contributed by atoms with Gasteiger partial charge in [0.05, 0.1) is 5.03 Å². The molecule has 0 amide bonds. The summed E-state index contributed by atoms with van der Waals surface area (Å²) in [4.78, 5) is 0. The highest BCUT2D eigenvalue weighted by Crippen LogP contribution is 2.41. The van der Waals surface area contributed by atoms with E-state index in [9.17, 15) is 0 Å². The first kappa shape index (κ1) is 18.8. The molecule has 0 fully saturated rings. The molecule has 0 spiro atoms. The van der Waals surface area contributed by atoms with E-state index in [2.05, 4.69) is 48.1 Å². The summed E-state index contributed by atoms with van der Waals surface area (Å²) in [6.07, 6.45) is 4.95. The second-order valence-electron chi connectivity index (χ2n) is 7.41. The Kier molecular flexibility index (Phi) is 6.92. The van der Waals surface area contributed by atoms with E-state index in [0.29, 0.717) is 16.0 Å².